The topological polar surface area (TPSA) is 66.9 Å². The first-order valence-corrected chi connectivity index (χ1v) is 10.6. The van der Waals surface area contributed by atoms with Gasteiger partial charge in [0.2, 0.25) is 5.95 Å². The van der Waals surface area contributed by atoms with Crippen molar-refractivity contribution in [1.82, 2.24) is 9.97 Å². The van der Waals surface area contributed by atoms with E-state index in [4.69, 9.17) is 0 Å². The van der Waals surface area contributed by atoms with Gasteiger partial charge < -0.3 is 10.6 Å². The fourth-order valence-electron chi connectivity index (χ4n) is 4.03. The summed E-state index contributed by atoms with van der Waals surface area (Å²) in [5.41, 5.74) is 3.08. The number of nitrogens with zero attached hydrogens (tertiary/aromatic N) is 2. The molecule has 3 aromatic rings. The highest BCUT2D eigenvalue weighted by Gasteiger charge is 2.35. The molecule has 0 radical (unpaired) electrons. The molecule has 0 aliphatic heterocycles. The number of benzene rings is 2. The average molecular weight is 454 g/mol. The molecule has 5 nitrogen and oxygen atoms in total. The Hall–Kier alpha value is -3.42. The molecule has 0 bridgehead atoms. The van der Waals surface area contributed by atoms with Gasteiger partial charge in [-0.25, -0.2) is 4.98 Å². The highest BCUT2D eigenvalue weighted by molar-refractivity contribution is 6.03. The van der Waals surface area contributed by atoms with Gasteiger partial charge in [-0.15, -0.1) is 0 Å². The number of carbonyl (C=O) groups excluding carboxylic acids is 1. The zero-order valence-electron chi connectivity index (χ0n) is 18.9. The Kier molecular flexibility index (Phi) is 5.64. The minimum absolute atomic E-state index is 0.0559. The van der Waals surface area contributed by atoms with E-state index >= 15 is 0 Å². The predicted octanol–water partition coefficient (Wildman–Crippen LogP) is 6.75. The first-order chi connectivity index (χ1) is 15.4. The molecule has 0 fully saturated rings. The summed E-state index contributed by atoms with van der Waals surface area (Å²) in [6.07, 6.45) is -3.54. The van der Waals surface area contributed by atoms with Crippen LogP contribution in [-0.4, -0.2) is 15.8 Å². The van der Waals surface area contributed by atoms with Crippen molar-refractivity contribution < 1.29 is 18.0 Å². The molecule has 1 aliphatic rings. The van der Waals surface area contributed by atoms with E-state index in [0.29, 0.717) is 29.9 Å². The van der Waals surface area contributed by atoms with E-state index in [2.05, 4.69) is 20.6 Å². The lowest BCUT2D eigenvalue weighted by Gasteiger charge is -2.30. The summed E-state index contributed by atoms with van der Waals surface area (Å²) < 4.78 is 39.4. The van der Waals surface area contributed by atoms with Crippen LogP contribution in [0.4, 0.5) is 36.3 Å². The number of carbonyl (C=O) groups is 1. The summed E-state index contributed by atoms with van der Waals surface area (Å²) in [5, 5.41) is 6.16. The molecule has 2 N–H and O–H groups in total. The number of aryl methyl sites for hydroxylation is 1. The zero-order valence-corrected chi connectivity index (χ0v) is 18.9. The van der Waals surface area contributed by atoms with Crippen LogP contribution in [-0.2, 0) is 12.6 Å². The largest absolute Gasteiger partial charge is 0.416 e. The van der Waals surface area contributed by atoms with E-state index < -0.39 is 11.7 Å². The van der Waals surface area contributed by atoms with Crippen molar-refractivity contribution in [1.29, 1.82) is 0 Å². The highest BCUT2D eigenvalue weighted by Crippen LogP contribution is 2.38. The predicted molar refractivity (Wildman–Crippen MR) is 122 cm³/mol. The molecule has 0 unspecified atom stereocenters. The van der Waals surface area contributed by atoms with Gasteiger partial charge in [0, 0.05) is 17.8 Å². The minimum atomic E-state index is -4.46. The second kappa shape index (κ2) is 8.17. The van der Waals surface area contributed by atoms with E-state index in [-0.39, 0.29) is 22.8 Å². The van der Waals surface area contributed by atoms with Crippen molar-refractivity contribution in [3.05, 3.63) is 70.4 Å². The molecule has 0 amide bonds. The Bertz CT molecular complexity index is 1230. The van der Waals surface area contributed by atoms with Crippen molar-refractivity contribution in [2.75, 3.05) is 10.6 Å². The summed E-state index contributed by atoms with van der Waals surface area (Å²) in [5.74, 6) is 0.426. The molecule has 0 atom stereocenters. The van der Waals surface area contributed by atoms with Crippen LogP contribution < -0.4 is 10.6 Å². The Balaban J connectivity index is 1.78. The van der Waals surface area contributed by atoms with Gasteiger partial charge >= 0.3 is 6.18 Å². The Morgan fingerprint density at radius 2 is 1.70 bits per heavy atom. The second-order valence-electron chi connectivity index (χ2n) is 9.23. The van der Waals surface area contributed by atoms with Gasteiger partial charge in [0.05, 0.1) is 16.8 Å². The third-order valence-corrected chi connectivity index (χ3v) is 5.85. The number of alkyl halides is 3. The van der Waals surface area contributed by atoms with Crippen molar-refractivity contribution in [2.24, 2.45) is 5.41 Å². The number of Topliss-reactive ketones (excluding diaryl/α,β-unsaturated/α-hetero) is 1. The van der Waals surface area contributed by atoms with Crippen molar-refractivity contribution in [2.45, 2.75) is 46.7 Å². The molecule has 0 saturated carbocycles. The fourth-order valence-corrected chi connectivity index (χ4v) is 4.03. The molecule has 0 spiro atoms. The number of nitrogens with one attached hydrogen (secondary N) is 2. The van der Waals surface area contributed by atoms with Crippen molar-refractivity contribution in [3.63, 3.8) is 0 Å². The van der Waals surface area contributed by atoms with Crippen LogP contribution in [0.1, 0.15) is 53.0 Å². The standard InChI is InChI=1S/C25H25F3N4O/c1-14-7-5-10-18(15(14)2)30-22-21-19(12-24(3,4)13-20(21)33)31-23(32-22)29-17-9-6-8-16(11-17)25(26,27)28/h5-11H,12-13H2,1-4H3,(H2,29,30,31,32). The minimum Gasteiger partial charge on any atom is -0.339 e. The maximum Gasteiger partial charge on any atom is 0.416 e. The van der Waals surface area contributed by atoms with Crippen LogP contribution in [0.2, 0.25) is 0 Å². The molecule has 33 heavy (non-hydrogen) atoms. The monoisotopic (exact) mass is 454 g/mol. The smallest absolute Gasteiger partial charge is 0.339 e. The number of anilines is 4. The number of hydrogen-bond donors (Lipinski definition) is 2. The van der Waals surface area contributed by atoms with Gasteiger partial charge in [0.15, 0.2) is 5.78 Å². The molecule has 8 heteroatoms. The van der Waals surface area contributed by atoms with Crippen LogP contribution in [0.25, 0.3) is 0 Å². The zero-order chi connectivity index (χ0) is 24.0. The number of hydrogen-bond acceptors (Lipinski definition) is 5. The number of fused-ring (bicyclic) bond motifs is 1. The van der Waals surface area contributed by atoms with E-state index in [9.17, 15) is 18.0 Å². The summed E-state index contributed by atoms with van der Waals surface area (Å²) >= 11 is 0. The summed E-state index contributed by atoms with van der Waals surface area (Å²) in [7, 11) is 0. The molecule has 1 heterocycles. The molecule has 1 aliphatic carbocycles. The lowest BCUT2D eigenvalue weighted by molar-refractivity contribution is -0.137. The van der Waals surface area contributed by atoms with Gasteiger partial charge in [-0.05, 0) is 61.1 Å². The third-order valence-electron chi connectivity index (χ3n) is 5.85. The SMILES string of the molecule is Cc1cccc(Nc2nc(Nc3cccc(C(F)(F)F)c3)nc3c2C(=O)CC(C)(C)C3)c1C. The molecular weight excluding hydrogens is 429 g/mol. The number of halogens is 3. The normalized spacial score (nSPS) is 15.2. The highest BCUT2D eigenvalue weighted by atomic mass is 19.4. The van der Waals surface area contributed by atoms with Crippen LogP contribution in [0, 0.1) is 19.3 Å². The fraction of sp³-hybridized carbons (Fsp3) is 0.320. The average Bonchev–Trinajstić information content (AvgIpc) is 2.69. The molecule has 2 aromatic carbocycles. The van der Waals surface area contributed by atoms with E-state index in [1.165, 1.54) is 12.1 Å². The van der Waals surface area contributed by atoms with Gasteiger partial charge in [-0.1, -0.05) is 32.0 Å². The molecular formula is C25H25F3N4O. The van der Waals surface area contributed by atoms with Crippen LogP contribution >= 0.6 is 0 Å². The summed E-state index contributed by atoms with van der Waals surface area (Å²) in [6, 6.07) is 10.7. The molecule has 1 aromatic heterocycles. The third kappa shape index (κ3) is 4.84. The quantitative estimate of drug-likeness (QED) is 0.456. The van der Waals surface area contributed by atoms with Gasteiger partial charge in [-0.3, -0.25) is 4.79 Å². The summed E-state index contributed by atoms with van der Waals surface area (Å²) in [4.78, 5) is 22.0. The van der Waals surface area contributed by atoms with E-state index in [0.717, 1.165) is 28.9 Å². The Morgan fingerprint density at radius 3 is 2.42 bits per heavy atom. The molecule has 172 valence electrons. The number of aromatic nitrogens is 2. The number of ketones is 1. The van der Waals surface area contributed by atoms with Gasteiger partial charge in [-0.2, -0.15) is 18.2 Å². The summed E-state index contributed by atoms with van der Waals surface area (Å²) in [6.45, 7) is 7.95. The molecule has 4 rings (SSSR count). The van der Waals surface area contributed by atoms with Crippen LogP contribution in [0.15, 0.2) is 42.5 Å². The van der Waals surface area contributed by atoms with Crippen LogP contribution in [0.3, 0.4) is 0 Å². The second-order valence-corrected chi connectivity index (χ2v) is 9.23. The van der Waals surface area contributed by atoms with Gasteiger partial charge in [0.1, 0.15) is 5.82 Å². The van der Waals surface area contributed by atoms with Crippen molar-refractivity contribution in [3.8, 4) is 0 Å². The molecule has 0 saturated heterocycles. The van der Waals surface area contributed by atoms with Crippen molar-refractivity contribution >= 4 is 28.9 Å². The lowest BCUT2D eigenvalue weighted by Crippen LogP contribution is -2.29. The van der Waals surface area contributed by atoms with E-state index in [1.54, 1.807) is 0 Å². The van der Waals surface area contributed by atoms with E-state index in [1.807, 2.05) is 45.9 Å². The first kappa shape index (κ1) is 22.8. The Labute approximate surface area is 190 Å². The Morgan fingerprint density at radius 1 is 0.970 bits per heavy atom. The maximum atomic E-state index is 13.1. The van der Waals surface area contributed by atoms with Gasteiger partial charge in [0.25, 0.3) is 0 Å². The van der Waals surface area contributed by atoms with Crippen LogP contribution in [0.5, 0.6) is 0 Å². The first-order valence-electron chi connectivity index (χ1n) is 10.6. The lowest BCUT2D eigenvalue weighted by atomic mass is 9.75. The maximum absolute atomic E-state index is 13.1. The number of rotatable bonds is 4.